The van der Waals surface area contributed by atoms with Crippen molar-refractivity contribution in [1.29, 1.82) is 0 Å². The molecule has 1 aromatic carbocycles. The van der Waals surface area contributed by atoms with Crippen molar-refractivity contribution in [1.82, 2.24) is 4.98 Å². The van der Waals surface area contributed by atoms with E-state index in [4.69, 9.17) is 11.6 Å². The predicted octanol–water partition coefficient (Wildman–Crippen LogP) is 3.91. The van der Waals surface area contributed by atoms with E-state index in [2.05, 4.69) is 20.9 Å². The van der Waals surface area contributed by atoms with E-state index in [-0.39, 0.29) is 0 Å². The van der Waals surface area contributed by atoms with Crippen LogP contribution in [0.1, 0.15) is 17.2 Å². The number of carboxylic acid groups (broad SMARTS) is 1. The SMILES string of the molecule is O=C(O)C(Cc1cccc(Br)c1)c1ccc(Cl)cn1. The molecule has 3 nitrogen and oxygen atoms in total. The van der Waals surface area contributed by atoms with E-state index < -0.39 is 11.9 Å². The first kappa shape index (κ1) is 14.0. The Morgan fingerprint density at radius 2 is 2.16 bits per heavy atom. The van der Waals surface area contributed by atoms with Crippen LogP contribution in [-0.2, 0) is 11.2 Å². The molecule has 0 aliphatic rings. The predicted molar refractivity (Wildman–Crippen MR) is 77.5 cm³/mol. The minimum atomic E-state index is -0.894. The zero-order valence-electron chi connectivity index (χ0n) is 9.88. The average Bonchev–Trinajstić information content (AvgIpc) is 2.37. The maximum atomic E-state index is 11.4. The third-order valence-electron chi connectivity index (χ3n) is 2.73. The van der Waals surface area contributed by atoms with Gasteiger partial charge in [0, 0.05) is 10.7 Å². The first-order chi connectivity index (χ1) is 9.06. The summed E-state index contributed by atoms with van der Waals surface area (Å²) in [6, 6.07) is 10.9. The largest absolute Gasteiger partial charge is 0.481 e. The lowest BCUT2D eigenvalue weighted by Gasteiger charge is -2.12. The van der Waals surface area contributed by atoms with Crippen LogP contribution in [0.4, 0.5) is 0 Å². The van der Waals surface area contributed by atoms with Gasteiger partial charge in [-0.3, -0.25) is 9.78 Å². The number of aliphatic carboxylic acids is 1. The molecule has 1 unspecified atom stereocenters. The topological polar surface area (TPSA) is 50.2 Å². The second-order valence-corrected chi connectivity index (χ2v) is 5.48. The Labute approximate surface area is 124 Å². The third-order valence-corrected chi connectivity index (χ3v) is 3.45. The summed E-state index contributed by atoms with van der Waals surface area (Å²) in [5, 5.41) is 9.84. The first-order valence-electron chi connectivity index (χ1n) is 5.65. The Balaban J connectivity index is 2.26. The smallest absolute Gasteiger partial charge is 0.312 e. The number of aromatic nitrogens is 1. The molecule has 0 saturated carbocycles. The van der Waals surface area contributed by atoms with Gasteiger partial charge in [-0.05, 0) is 36.2 Å². The molecule has 0 saturated heterocycles. The summed E-state index contributed by atoms with van der Waals surface area (Å²) < 4.78 is 0.929. The highest BCUT2D eigenvalue weighted by Crippen LogP contribution is 2.22. The van der Waals surface area contributed by atoms with Crippen molar-refractivity contribution in [2.75, 3.05) is 0 Å². The molecule has 0 aliphatic carbocycles. The molecule has 0 radical (unpaired) electrons. The molecule has 1 N–H and O–H groups in total. The molecule has 1 aromatic heterocycles. The van der Waals surface area contributed by atoms with Crippen LogP contribution < -0.4 is 0 Å². The van der Waals surface area contributed by atoms with Crippen molar-refractivity contribution in [3.8, 4) is 0 Å². The monoisotopic (exact) mass is 339 g/mol. The number of pyridine rings is 1. The van der Waals surface area contributed by atoms with Gasteiger partial charge >= 0.3 is 5.97 Å². The van der Waals surface area contributed by atoms with Crippen LogP contribution in [0, 0.1) is 0 Å². The van der Waals surface area contributed by atoms with Crippen LogP contribution in [0.2, 0.25) is 5.02 Å². The summed E-state index contributed by atoms with van der Waals surface area (Å²) in [5.41, 5.74) is 1.45. The Morgan fingerprint density at radius 3 is 2.74 bits per heavy atom. The number of benzene rings is 1. The zero-order chi connectivity index (χ0) is 13.8. The summed E-state index contributed by atoms with van der Waals surface area (Å²) in [7, 11) is 0. The van der Waals surface area contributed by atoms with Crippen molar-refractivity contribution < 1.29 is 9.90 Å². The van der Waals surface area contributed by atoms with E-state index in [0.29, 0.717) is 17.1 Å². The van der Waals surface area contributed by atoms with Crippen molar-refractivity contribution in [2.24, 2.45) is 0 Å². The van der Waals surface area contributed by atoms with E-state index in [1.54, 1.807) is 12.1 Å². The van der Waals surface area contributed by atoms with Crippen LogP contribution >= 0.6 is 27.5 Å². The lowest BCUT2D eigenvalue weighted by molar-refractivity contribution is -0.138. The first-order valence-corrected chi connectivity index (χ1v) is 6.82. The highest BCUT2D eigenvalue weighted by Gasteiger charge is 2.21. The summed E-state index contributed by atoms with van der Waals surface area (Å²) in [6.07, 6.45) is 1.86. The minimum absolute atomic E-state index is 0.392. The number of nitrogens with zero attached hydrogens (tertiary/aromatic N) is 1. The average molecular weight is 341 g/mol. The molecule has 2 aromatic rings. The molecule has 0 fully saturated rings. The van der Waals surface area contributed by atoms with Gasteiger partial charge in [-0.15, -0.1) is 0 Å². The van der Waals surface area contributed by atoms with Crippen LogP contribution in [0.15, 0.2) is 47.1 Å². The second-order valence-electron chi connectivity index (χ2n) is 4.13. The standard InChI is InChI=1S/C14H11BrClNO2/c15-10-3-1-2-9(6-10)7-12(14(18)19)13-5-4-11(16)8-17-13/h1-6,8,12H,7H2,(H,18,19). The number of hydrogen-bond acceptors (Lipinski definition) is 2. The zero-order valence-corrected chi connectivity index (χ0v) is 12.2. The fraction of sp³-hybridized carbons (Fsp3) is 0.143. The Kier molecular flexibility index (Phi) is 4.56. The molecule has 1 heterocycles. The number of hydrogen-bond donors (Lipinski definition) is 1. The fourth-order valence-electron chi connectivity index (χ4n) is 1.81. The highest BCUT2D eigenvalue weighted by atomic mass is 79.9. The Morgan fingerprint density at radius 1 is 1.37 bits per heavy atom. The maximum absolute atomic E-state index is 11.4. The molecule has 98 valence electrons. The summed E-state index contributed by atoms with van der Waals surface area (Å²) in [6.45, 7) is 0. The van der Waals surface area contributed by atoms with Gasteiger partial charge in [0.2, 0.25) is 0 Å². The van der Waals surface area contributed by atoms with Gasteiger partial charge in [0.15, 0.2) is 0 Å². The van der Waals surface area contributed by atoms with Gasteiger partial charge in [-0.25, -0.2) is 0 Å². The van der Waals surface area contributed by atoms with E-state index in [0.717, 1.165) is 10.0 Å². The van der Waals surface area contributed by atoms with Crippen LogP contribution in [0.5, 0.6) is 0 Å². The maximum Gasteiger partial charge on any atom is 0.312 e. The normalized spacial score (nSPS) is 12.1. The third kappa shape index (κ3) is 3.78. The molecule has 19 heavy (non-hydrogen) atoms. The van der Waals surface area contributed by atoms with Crippen LogP contribution in [-0.4, -0.2) is 16.1 Å². The molecule has 5 heteroatoms. The van der Waals surface area contributed by atoms with E-state index in [9.17, 15) is 9.90 Å². The summed E-state index contributed by atoms with van der Waals surface area (Å²) in [5.74, 6) is -1.57. The van der Waals surface area contributed by atoms with Gasteiger partial charge in [0.05, 0.1) is 10.7 Å². The lowest BCUT2D eigenvalue weighted by atomic mass is 9.96. The van der Waals surface area contributed by atoms with Crippen molar-refractivity contribution >= 4 is 33.5 Å². The molecule has 0 spiro atoms. The molecule has 0 amide bonds. The van der Waals surface area contributed by atoms with E-state index in [1.807, 2.05) is 24.3 Å². The summed E-state index contributed by atoms with van der Waals surface area (Å²) in [4.78, 5) is 15.5. The van der Waals surface area contributed by atoms with Crippen LogP contribution in [0.25, 0.3) is 0 Å². The number of carbonyl (C=O) groups is 1. The lowest BCUT2D eigenvalue weighted by Crippen LogP contribution is -2.15. The van der Waals surface area contributed by atoms with Gasteiger partial charge in [0.1, 0.15) is 5.92 Å². The highest BCUT2D eigenvalue weighted by molar-refractivity contribution is 9.10. The molecule has 2 rings (SSSR count). The number of carboxylic acids is 1. The van der Waals surface area contributed by atoms with Crippen molar-refractivity contribution in [3.05, 3.63) is 63.3 Å². The van der Waals surface area contributed by atoms with Gasteiger partial charge < -0.3 is 5.11 Å². The Bertz CT molecular complexity index is 586. The van der Waals surface area contributed by atoms with E-state index >= 15 is 0 Å². The number of rotatable bonds is 4. The van der Waals surface area contributed by atoms with Gasteiger partial charge in [0.25, 0.3) is 0 Å². The van der Waals surface area contributed by atoms with Gasteiger partial charge in [-0.1, -0.05) is 39.7 Å². The molecule has 1 atom stereocenters. The van der Waals surface area contributed by atoms with Gasteiger partial charge in [-0.2, -0.15) is 0 Å². The molecule has 0 bridgehead atoms. The number of halogens is 2. The van der Waals surface area contributed by atoms with E-state index in [1.165, 1.54) is 6.20 Å². The van der Waals surface area contributed by atoms with Crippen molar-refractivity contribution in [3.63, 3.8) is 0 Å². The molecular weight excluding hydrogens is 330 g/mol. The fourth-order valence-corrected chi connectivity index (χ4v) is 2.37. The second kappa shape index (κ2) is 6.17. The Hall–Kier alpha value is -1.39. The van der Waals surface area contributed by atoms with Crippen molar-refractivity contribution in [2.45, 2.75) is 12.3 Å². The molecule has 0 aliphatic heterocycles. The molecular formula is C14H11BrClNO2. The quantitative estimate of drug-likeness (QED) is 0.918. The minimum Gasteiger partial charge on any atom is -0.481 e. The van der Waals surface area contributed by atoms with Crippen LogP contribution in [0.3, 0.4) is 0 Å². The summed E-state index contributed by atoms with van der Waals surface area (Å²) >= 11 is 9.14.